The average molecular weight is 158 g/mol. The lowest BCUT2D eigenvalue weighted by atomic mass is 10.1. The van der Waals surface area contributed by atoms with Crippen LogP contribution < -0.4 is 5.73 Å². The highest BCUT2D eigenvalue weighted by Crippen LogP contribution is 1.98. The van der Waals surface area contributed by atoms with Gasteiger partial charge in [-0.2, -0.15) is 0 Å². The highest BCUT2D eigenvalue weighted by molar-refractivity contribution is 5.71. The standard InChI is InChI=1S/C8H18N2O/c1-4-10-8(9)11-6-5-7(2)3/h7H,4-6H2,1-3H3,(H2,9,10). The van der Waals surface area contributed by atoms with E-state index in [-0.39, 0.29) is 0 Å². The van der Waals surface area contributed by atoms with E-state index in [4.69, 9.17) is 10.5 Å². The van der Waals surface area contributed by atoms with E-state index < -0.39 is 0 Å². The van der Waals surface area contributed by atoms with Crippen LogP contribution in [0.2, 0.25) is 0 Å². The van der Waals surface area contributed by atoms with Crippen molar-refractivity contribution in [3.05, 3.63) is 0 Å². The van der Waals surface area contributed by atoms with Crippen LogP contribution in [-0.2, 0) is 4.74 Å². The fourth-order valence-corrected chi connectivity index (χ4v) is 0.601. The second-order valence-electron chi connectivity index (χ2n) is 2.84. The van der Waals surface area contributed by atoms with Gasteiger partial charge in [0.1, 0.15) is 0 Å². The van der Waals surface area contributed by atoms with Gasteiger partial charge in [0.25, 0.3) is 6.02 Å². The summed E-state index contributed by atoms with van der Waals surface area (Å²) in [6, 6.07) is 0.313. The Kier molecular flexibility index (Phi) is 5.61. The van der Waals surface area contributed by atoms with Crippen molar-refractivity contribution in [2.75, 3.05) is 13.2 Å². The van der Waals surface area contributed by atoms with Crippen molar-refractivity contribution >= 4 is 6.02 Å². The van der Waals surface area contributed by atoms with Crippen LogP contribution in [0.4, 0.5) is 0 Å². The van der Waals surface area contributed by atoms with Crippen LogP contribution in [0.25, 0.3) is 0 Å². The summed E-state index contributed by atoms with van der Waals surface area (Å²) < 4.78 is 5.12. The maximum Gasteiger partial charge on any atom is 0.281 e. The monoisotopic (exact) mass is 158 g/mol. The normalized spacial score (nSPS) is 12.2. The maximum absolute atomic E-state index is 5.40. The van der Waals surface area contributed by atoms with Gasteiger partial charge >= 0.3 is 0 Å². The van der Waals surface area contributed by atoms with E-state index in [0.29, 0.717) is 25.1 Å². The predicted octanol–water partition coefficient (Wildman–Crippen LogP) is 1.38. The highest BCUT2D eigenvalue weighted by atomic mass is 16.5. The van der Waals surface area contributed by atoms with E-state index in [0.717, 1.165) is 6.42 Å². The molecular weight excluding hydrogens is 140 g/mol. The van der Waals surface area contributed by atoms with Crippen LogP contribution in [0.5, 0.6) is 0 Å². The molecular formula is C8H18N2O. The van der Waals surface area contributed by atoms with Crippen LogP contribution in [0, 0.1) is 5.92 Å². The summed E-state index contributed by atoms with van der Waals surface area (Å²) in [5.41, 5.74) is 5.40. The number of hydrogen-bond donors (Lipinski definition) is 1. The molecule has 0 aliphatic carbocycles. The van der Waals surface area contributed by atoms with Crippen LogP contribution in [0.1, 0.15) is 27.2 Å². The van der Waals surface area contributed by atoms with Gasteiger partial charge in [0, 0.05) is 6.54 Å². The van der Waals surface area contributed by atoms with Gasteiger partial charge < -0.3 is 10.5 Å². The third-order valence-electron chi connectivity index (χ3n) is 1.26. The molecule has 3 heteroatoms. The molecule has 0 radical (unpaired) electrons. The fourth-order valence-electron chi connectivity index (χ4n) is 0.601. The Morgan fingerprint density at radius 1 is 1.55 bits per heavy atom. The van der Waals surface area contributed by atoms with E-state index in [1.54, 1.807) is 0 Å². The molecule has 0 amide bonds. The third kappa shape index (κ3) is 7.16. The Morgan fingerprint density at radius 2 is 2.18 bits per heavy atom. The molecule has 0 aliphatic heterocycles. The minimum absolute atomic E-state index is 0.313. The Labute approximate surface area is 68.6 Å². The van der Waals surface area contributed by atoms with Gasteiger partial charge in [-0.1, -0.05) is 13.8 Å². The van der Waals surface area contributed by atoms with Gasteiger partial charge in [-0.3, -0.25) is 0 Å². The van der Waals surface area contributed by atoms with Crippen molar-refractivity contribution in [2.24, 2.45) is 16.6 Å². The number of aliphatic imine (C=N–C) groups is 1. The molecule has 66 valence electrons. The lowest BCUT2D eigenvalue weighted by Gasteiger charge is -2.05. The largest absolute Gasteiger partial charge is 0.465 e. The topological polar surface area (TPSA) is 47.6 Å². The molecule has 3 nitrogen and oxygen atoms in total. The Morgan fingerprint density at radius 3 is 2.64 bits per heavy atom. The lowest BCUT2D eigenvalue weighted by Crippen LogP contribution is -2.17. The molecule has 0 aliphatic rings. The molecule has 0 aromatic carbocycles. The summed E-state index contributed by atoms with van der Waals surface area (Å²) in [7, 11) is 0. The van der Waals surface area contributed by atoms with Crippen LogP contribution in [0.15, 0.2) is 4.99 Å². The van der Waals surface area contributed by atoms with Crippen LogP contribution >= 0.6 is 0 Å². The summed E-state index contributed by atoms with van der Waals surface area (Å²) >= 11 is 0. The van der Waals surface area contributed by atoms with E-state index in [9.17, 15) is 0 Å². The molecule has 0 aromatic heterocycles. The van der Waals surface area contributed by atoms with Gasteiger partial charge in [-0.25, -0.2) is 4.99 Å². The van der Waals surface area contributed by atoms with Gasteiger partial charge in [0.05, 0.1) is 6.61 Å². The number of nitrogens with two attached hydrogens (primary N) is 1. The number of hydrogen-bond acceptors (Lipinski definition) is 2. The molecule has 0 spiro atoms. The summed E-state index contributed by atoms with van der Waals surface area (Å²) in [4.78, 5) is 3.89. The van der Waals surface area contributed by atoms with Gasteiger partial charge in [0.15, 0.2) is 0 Å². The first-order valence-corrected chi connectivity index (χ1v) is 4.09. The molecule has 2 N–H and O–H groups in total. The molecule has 0 aromatic rings. The van der Waals surface area contributed by atoms with Crippen molar-refractivity contribution in [1.82, 2.24) is 0 Å². The zero-order valence-corrected chi connectivity index (χ0v) is 7.63. The molecule has 0 unspecified atom stereocenters. The molecule has 0 fully saturated rings. The third-order valence-corrected chi connectivity index (χ3v) is 1.26. The van der Waals surface area contributed by atoms with Crippen molar-refractivity contribution in [2.45, 2.75) is 27.2 Å². The van der Waals surface area contributed by atoms with Gasteiger partial charge in [0.2, 0.25) is 0 Å². The van der Waals surface area contributed by atoms with Crippen molar-refractivity contribution in [3.8, 4) is 0 Å². The molecule has 0 saturated heterocycles. The number of amidine groups is 1. The second-order valence-corrected chi connectivity index (χ2v) is 2.84. The molecule has 0 saturated carbocycles. The number of nitrogens with zero attached hydrogens (tertiary/aromatic N) is 1. The van der Waals surface area contributed by atoms with Crippen molar-refractivity contribution in [3.63, 3.8) is 0 Å². The summed E-state index contributed by atoms with van der Waals surface area (Å²) in [6.07, 6.45) is 1.03. The first kappa shape index (κ1) is 10.3. The highest BCUT2D eigenvalue weighted by Gasteiger charge is 1.95. The average Bonchev–Trinajstić information content (AvgIpc) is 1.87. The predicted molar refractivity (Wildman–Crippen MR) is 47.6 cm³/mol. The van der Waals surface area contributed by atoms with Crippen LogP contribution in [-0.4, -0.2) is 19.2 Å². The molecule has 11 heavy (non-hydrogen) atoms. The number of ether oxygens (including phenoxy) is 1. The minimum atomic E-state index is 0.313. The Balaban J connectivity index is 3.31. The smallest absolute Gasteiger partial charge is 0.281 e. The van der Waals surface area contributed by atoms with E-state index in [1.165, 1.54) is 0 Å². The first-order valence-electron chi connectivity index (χ1n) is 4.09. The zero-order chi connectivity index (χ0) is 8.69. The summed E-state index contributed by atoms with van der Waals surface area (Å²) in [5, 5.41) is 0. The number of rotatable bonds is 4. The quantitative estimate of drug-likeness (QED) is 0.496. The molecule has 0 rings (SSSR count). The fraction of sp³-hybridized carbons (Fsp3) is 0.875. The maximum atomic E-state index is 5.40. The molecule has 0 atom stereocenters. The van der Waals surface area contributed by atoms with Crippen molar-refractivity contribution in [1.29, 1.82) is 0 Å². The van der Waals surface area contributed by atoms with Gasteiger partial charge in [-0.05, 0) is 19.3 Å². The van der Waals surface area contributed by atoms with E-state index >= 15 is 0 Å². The summed E-state index contributed by atoms with van der Waals surface area (Å²) in [6.45, 7) is 7.59. The van der Waals surface area contributed by atoms with Gasteiger partial charge in [-0.15, -0.1) is 0 Å². The zero-order valence-electron chi connectivity index (χ0n) is 7.63. The Bertz CT molecular complexity index is 121. The van der Waals surface area contributed by atoms with E-state index in [2.05, 4.69) is 18.8 Å². The lowest BCUT2D eigenvalue weighted by molar-refractivity contribution is 0.272. The summed E-state index contributed by atoms with van der Waals surface area (Å²) in [5.74, 6) is 0.657. The first-order chi connectivity index (χ1) is 5.16. The second kappa shape index (κ2) is 6.01. The molecule has 0 bridgehead atoms. The van der Waals surface area contributed by atoms with Crippen LogP contribution in [0.3, 0.4) is 0 Å². The SMILES string of the molecule is CCN=C(N)OCCC(C)C. The minimum Gasteiger partial charge on any atom is -0.465 e. The van der Waals surface area contributed by atoms with Crippen molar-refractivity contribution < 1.29 is 4.74 Å². The van der Waals surface area contributed by atoms with E-state index in [1.807, 2.05) is 6.92 Å². The molecule has 0 heterocycles. The Hall–Kier alpha value is -0.730.